The maximum Gasteiger partial charge on any atom is 0.251 e. The Morgan fingerprint density at radius 2 is 1.79 bits per heavy atom. The van der Waals surface area contributed by atoms with Crippen LogP contribution >= 0.6 is 0 Å². The van der Waals surface area contributed by atoms with Gasteiger partial charge in [0.1, 0.15) is 18.2 Å². The van der Waals surface area contributed by atoms with Gasteiger partial charge in [-0.25, -0.2) is 0 Å². The van der Waals surface area contributed by atoms with Gasteiger partial charge in [-0.05, 0) is 49.3 Å². The second-order valence-electron chi connectivity index (χ2n) is 9.55. The molecule has 6 heteroatoms. The van der Waals surface area contributed by atoms with Gasteiger partial charge in [-0.3, -0.25) is 14.4 Å². The average Bonchev–Trinajstić information content (AvgIpc) is 2.87. The van der Waals surface area contributed by atoms with E-state index in [0.717, 1.165) is 5.56 Å². The van der Waals surface area contributed by atoms with Gasteiger partial charge in [-0.2, -0.15) is 0 Å². The molecular formula is C23H34N2O4. The van der Waals surface area contributed by atoms with E-state index in [9.17, 15) is 14.4 Å². The van der Waals surface area contributed by atoms with Crippen LogP contribution in [0.5, 0.6) is 0 Å². The molecule has 0 aliphatic carbocycles. The molecule has 0 saturated carbocycles. The van der Waals surface area contributed by atoms with E-state index in [2.05, 4.69) is 31.4 Å². The Morgan fingerprint density at radius 1 is 1.21 bits per heavy atom. The Bertz CT molecular complexity index is 764. The Balaban J connectivity index is 2.14. The summed E-state index contributed by atoms with van der Waals surface area (Å²) in [5.74, 6) is -0.647. The largest absolute Gasteiger partial charge is 0.368 e. The molecule has 160 valence electrons. The molecule has 1 aliphatic rings. The Kier molecular flexibility index (Phi) is 6.89. The van der Waals surface area contributed by atoms with Crippen molar-refractivity contribution in [3.63, 3.8) is 0 Å². The van der Waals surface area contributed by atoms with Crippen molar-refractivity contribution < 1.29 is 19.1 Å². The number of amides is 2. The Hall–Kier alpha value is -2.21. The van der Waals surface area contributed by atoms with Crippen molar-refractivity contribution in [2.24, 2.45) is 5.92 Å². The van der Waals surface area contributed by atoms with Crippen molar-refractivity contribution in [2.45, 2.75) is 78.0 Å². The highest BCUT2D eigenvalue weighted by Gasteiger charge is 2.47. The quantitative estimate of drug-likeness (QED) is 0.766. The van der Waals surface area contributed by atoms with Crippen molar-refractivity contribution in [1.29, 1.82) is 0 Å². The van der Waals surface area contributed by atoms with Crippen LogP contribution in [0.15, 0.2) is 24.3 Å². The zero-order valence-corrected chi connectivity index (χ0v) is 18.6. The van der Waals surface area contributed by atoms with E-state index in [1.807, 2.05) is 26.0 Å². The number of hydrogen-bond donors (Lipinski definition) is 2. The van der Waals surface area contributed by atoms with Gasteiger partial charge < -0.3 is 15.4 Å². The molecular weight excluding hydrogens is 368 g/mol. The van der Waals surface area contributed by atoms with Crippen LogP contribution in [0.4, 0.5) is 0 Å². The summed E-state index contributed by atoms with van der Waals surface area (Å²) in [6.45, 7) is 13.7. The van der Waals surface area contributed by atoms with Crippen LogP contribution in [0.1, 0.15) is 70.8 Å². The molecule has 0 aromatic heterocycles. The van der Waals surface area contributed by atoms with Crippen LogP contribution in [-0.4, -0.2) is 41.9 Å². The van der Waals surface area contributed by atoms with Gasteiger partial charge in [0, 0.05) is 5.56 Å². The summed E-state index contributed by atoms with van der Waals surface area (Å²) in [6.07, 6.45) is 0.0521. The third kappa shape index (κ3) is 5.44. The smallest absolute Gasteiger partial charge is 0.251 e. The average molecular weight is 403 g/mol. The molecule has 2 N–H and O–H groups in total. The third-order valence-electron chi connectivity index (χ3n) is 5.58. The molecule has 0 bridgehead atoms. The van der Waals surface area contributed by atoms with Crippen LogP contribution in [0.25, 0.3) is 0 Å². The van der Waals surface area contributed by atoms with E-state index < -0.39 is 17.7 Å². The Morgan fingerprint density at radius 3 is 2.24 bits per heavy atom. The predicted molar refractivity (Wildman–Crippen MR) is 113 cm³/mol. The molecule has 1 aromatic carbocycles. The number of nitrogens with one attached hydrogen (secondary N) is 2. The summed E-state index contributed by atoms with van der Waals surface area (Å²) in [4.78, 5) is 37.9. The zero-order valence-electron chi connectivity index (χ0n) is 18.6. The fourth-order valence-electron chi connectivity index (χ4n) is 3.32. The summed E-state index contributed by atoms with van der Waals surface area (Å²) in [5.41, 5.74) is 0.550. The van der Waals surface area contributed by atoms with E-state index in [0.29, 0.717) is 12.0 Å². The number of carbonyl (C=O) groups excluding carboxylic acids is 3. The van der Waals surface area contributed by atoms with E-state index in [-0.39, 0.29) is 35.5 Å². The highest BCUT2D eigenvalue weighted by atomic mass is 16.5. The van der Waals surface area contributed by atoms with Gasteiger partial charge in [0.05, 0.1) is 6.10 Å². The number of ether oxygens (including phenoxy) is 1. The SMILES string of the molecule is CC(C)C[C@H](NC(=O)c1ccc(C(C)(C)C)cc1)C(=O)N[C@@]1(C)C(=O)CO[C@@H]1C. The molecule has 1 aliphatic heterocycles. The van der Waals surface area contributed by atoms with Crippen LogP contribution in [0.3, 0.4) is 0 Å². The number of carbonyl (C=O) groups is 3. The molecule has 2 amide bonds. The molecule has 0 spiro atoms. The lowest BCUT2D eigenvalue weighted by Crippen LogP contribution is -2.60. The van der Waals surface area contributed by atoms with Gasteiger partial charge in [0.15, 0.2) is 5.78 Å². The second-order valence-corrected chi connectivity index (χ2v) is 9.55. The minimum Gasteiger partial charge on any atom is -0.368 e. The molecule has 1 saturated heterocycles. The van der Waals surface area contributed by atoms with E-state index in [1.54, 1.807) is 26.0 Å². The van der Waals surface area contributed by atoms with E-state index in [4.69, 9.17) is 4.74 Å². The number of Topliss-reactive ketones (excluding diaryl/α,β-unsaturated/α-hetero) is 1. The van der Waals surface area contributed by atoms with Crippen molar-refractivity contribution in [1.82, 2.24) is 10.6 Å². The minimum absolute atomic E-state index is 0.00288. The number of rotatable bonds is 6. The lowest BCUT2D eigenvalue weighted by molar-refractivity contribution is -0.130. The van der Waals surface area contributed by atoms with Crippen molar-refractivity contribution >= 4 is 17.6 Å². The van der Waals surface area contributed by atoms with E-state index in [1.165, 1.54) is 0 Å². The molecule has 1 heterocycles. The summed E-state index contributed by atoms with van der Waals surface area (Å²) in [5, 5.41) is 5.66. The van der Waals surface area contributed by atoms with E-state index >= 15 is 0 Å². The van der Waals surface area contributed by atoms with Crippen LogP contribution in [0, 0.1) is 5.92 Å². The second kappa shape index (κ2) is 8.66. The maximum absolute atomic E-state index is 12.9. The summed E-state index contributed by atoms with van der Waals surface area (Å²) >= 11 is 0. The molecule has 29 heavy (non-hydrogen) atoms. The number of hydrogen-bond acceptors (Lipinski definition) is 4. The molecule has 0 unspecified atom stereocenters. The molecule has 0 radical (unpaired) electrons. The molecule has 1 aromatic rings. The monoisotopic (exact) mass is 402 g/mol. The van der Waals surface area contributed by atoms with Crippen molar-refractivity contribution in [3.05, 3.63) is 35.4 Å². The lowest BCUT2D eigenvalue weighted by Gasteiger charge is -2.30. The Labute approximate surface area is 173 Å². The van der Waals surface area contributed by atoms with Crippen LogP contribution in [-0.2, 0) is 19.7 Å². The standard InChI is InChI=1S/C23H34N2O4/c1-14(2)12-18(21(28)25-23(7)15(3)29-13-19(23)26)24-20(27)16-8-10-17(11-9-16)22(4,5)6/h8-11,14-15,18H,12-13H2,1-7H3,(H,24,27)(H,25,28)/t15-,18+,23-/m1/s1. The number of ketones is 1. The number of benzene rings is 1. The van der Waals surface area contributed by atoms with Crippen molar-refractivity contribution in [2.75, 3.05) is 6.61 Å². The fraction of sp³-hybridized carbons (Fsp3) is 0.609. The van der Waals surface area contributed by atoms with Crippen molar-refractivity contribution in [3.8, 4) is 0 Å². The van der Waals surface area contributed by atoms with Gasteiger partial charge in [0.25, 0.3) is 5.91 Å². The zero-order chi connectivity index (χ0) is 22.0. The van der Waals surface area contributed by atoms with Gasteiger partial charge in [-0.1, -0.05) is 46.8 Å². The minimum atomic E-state index is -1.08. The summed E-state index contributed by atoms with van der Waals surface area (Å²) < 4.78 is 5.38. The summed E-state index contributed by atoms with van der Waals surface area (Å²) in [6, 6.07) is 6.69. The first-order valence-corrected chi connectivity index (χ1v) is 10.2. The molecule has 6 nitrogen and oxygen atoms in total. The first kappa shape index (κ1) is 23.1. The molecule has 2 rings (SSSR count). The first-order valence-electron chi connectivity index (χ1n) is 10.2. The normalized spacial score (nSPS) is 23.2. The first-order chi connectivity index (χ1) is 13.3. The fourth-order valence-corrected chi connectivity index (χ4v) is 3.32. The topological polar surface area (TPSA) is 84.5 Å². The highest BCUT2D eigenvalue weighted by Crippen LogP contribution is 2.23. The van der Waals surface area contributed by atoms with Gasteiger partial charge in [0.2, 0.25) is 5.91 Å². The summed E-state index contributed by atoms with van der Waals surface area (Å²) in [7, 11) is 0. The lowest BCUT2D eigenvalue weighted by atomic mass is 9.86. The van der Waals surface area contributed by atoms with Gasteiger partial charge >= 0.3 is 0 Å². The highest BCUT2D eigenvalue weighted by molar-refractivity contribution is 6.00. The third-order valence-corrected chi connectivity index (χ3v) is 5.58. The van der Waals surface area contributed by atoms with Crippen LogP contribution in [0.2, 0.25) is 0 Å². The molecule has 3 atom stereocenters. The molecule has 1 fully saturated rings. The van der Waals surface area contributed by atoms with Crippen LogP contribution < -0.4 is 10.6 Å². The maximum atomic E-state index is 12.9. The van der Waals surface area contributed by atoms with Gasteiger partial charge in [-0.15, -0.1) is 0 Å². The predicted octanol–water partition coefficient (Wildman–Crippen LogP) is 2.99.